The van der Waals surface area contributed by atoms with Gasteiger partial charge >= 0.3 is 6.18 Å². The van der Waals surface area contributed by atoms with Crippen molar-refractivity contribution in [1.82, 2.24) is 24.4 Å². The van der Waals surface area contributed by atoms with Gasteiger partial charge in [-0.25, -0.2) is 9.50 Å². The average Bonchev–Trinajstić information content (AvgIpc) is 3.57. The number of alkyl halides is 3. The highest BCUT2D eigenvalue weighted by Gasteiger charge is 2.52. The van der Waals surface area contributed by atoms with E-state index in [4.69, 9.17) is 4.42 Å². The quantitative estimate of drug-likeness (QED) is 0.410. The maximum Gasteiger partial charge on any atom is 0.433 e. The number of nitrogens with one attached hydrogen (secondary N) is 1. The van der Waals surface area contributed by atoms with Crippen LogP contribution in [-0.4, -0.2) is 30.3 Å². The zero-order chi connectivity index (χ0) is 24.7. The van der Waals surface area contributed by atoms with Crippen LogP contribution < -0.4 is 5.32 Å². The number of anilines is 1. The van der Waals surface area contributed by atoms with Gasteiger partial charge in [0.2, 0.25) is 0 Å². The molecule has 4 heterocycles. The summed E-state index contributed by atoms with van der Waals surface area (Å²) < 4.78 is 49.2. The van der Waals surface area contributed by atoms with Crippen molar-refractivity contribution in [3.63, 3.8) is 0 Å². The Morgan fingerprint density at radius 2 is 1.83 bits per heavy atom. The smallest absolute Gasteiger partial charge is 0.433 e. The van der Waals surface area contributed by atoms with Crippen molar-refractivity contribution < 1.29 is 22.4 Å². The Kier molecular flexibility index (Phi) is 4.47. The Labute approximate surface area is 203 Å². The van der Waals surface area contributed by atoms with Gasteiger partial charge in [0.1, 0.15) is 11.3 Å². The third-order valence-electron chi connectivity index (χ3n) is 8.10. The third-order valence-corrected chi connectivity index (χ3v) is 8.10. The average molecular weight is 496 g/mol. The number of rotatable bonds is 4. The minimum Gasteiger partial charge on any atom is -0.463 e. The van der Waals surface area contributed by atoms with Gasteiger partial charge in [-0.15, -0.1) is 0 Å². The topological polar surface area (TPSA) is 90.2 Å². The van der Waals surface area contributed by atoms with Gasteiger partial charge in [-0.2, -0.15) is 23.4 Å². The second-order valence-electron chi connectivity index (χ2n) is 10.5. The lowest BCUT2D eigenvalue weighted by Gasteiger charge is -2.56. The molecule has 0 radical (unpaired) electrons. The number of nitrogens with zero attached hydrogens (tertiary/aromatic N) is 5. The Hall–Kier alpha value is -3.63. The van der Waals surface area contributed by atoms with Crippen LogP contribution in [0.3, 0.4) is 0 Å². The maximum absolute atomic E-state index is 13.8. The standard InChI is InChI=1S/C25H23F3N6O2/c26-25(27,28)20-9-18(19-2-1-5-36-19)30-22-17(13-29-34(20)22)23(35)31-21-3-4-33(32-21)24-10-14-6-15(11-24)8-16(7-14)12-24/h1-5,9,13-16H,6-8,10-12H2,(H,31,32,35). The fourth-order valence-corrected chi connectivity index (χ4v) is 7.06. The van der Waals surface area contributed by atoms with Crippen LogP contribution in [0.1, 0.15) is 54.6 Å². The normalized spacial score (nSPS) is 27.1. The number of carbonyl (C=O) groups excluding carboxylic acids is 1. The van der Waals surface area contributed by atoms with E-state index in [-0.39, 0.29) is 28.2 Å². The highest BCUT2D eigenvalue weighted by atomic mass is 19.4. The molecule has 4 aliphatic rings. The molecule has 186 valence electrons. The Morgan fingerprint density at radius 1 is 1.11 bits per heavy atom. The Morgan fingerprint density at radius 3 is 2.47 bits per heavy atom. The van der Waals surface area contributed by atoms with Crippen molar-refractivity contribution in [3.05, 3.63) is 54.2 Å². The van der Waals surface area contributed by atoms with E-state index < -0.39 is 17.8 Å². The van der Waals surface area contributed by atoms with Gasteiger partial charge in [0.25, 0.3) is 5.91 Å². The molecule has 36 heavy (non-hydrogen) atoms. The molecule has 4 aromatic rings. The summed E-state index contributed by atoms with van der Waals surface area (Å²) >= 11 is 0. The highest BCUT2D eigenvalue weighted by Crippen LogP contribution is 2.58. The van der Waals surface area contributed by atoms with E-state index in [0.29, 0.717) is 10.3 Å². The van der Waals surface area contributed by atoms with Gasteiger partial charge in [0, 0.05) is 12.3 Å². The van der Waals surface area contributed by atoms with Crippen LogP contribution in [-0.2, 0) is 11.7 Å². The molecular weight excluding hydrogens is 473 g/mol. The minimum absolute atomic E-state index is 0.00322. The first-order chi connectivity index (χ1) is 17.3. The monoisotopic (exact) mass is 496 g/mol. The lowest BCUT2D eigenvalue weighted by Crippen LogP contribution is -2.52. The molecule has 4 bridgehead atoms. The van der Waals surface area contributed by atoms with Crippen molar-refractivity contribution in [2.45, 2.75) is 50.2 Å². The molecule has 4 saturated carbocycles. The van der Waals surface area contributed by atoms with Gasteiger partial charge in [-0.3, -0.25) is 9.48 Å². The predicted octanol–water partition coefficient (Wildman–Crippen LogP) is 5.38. The van der Waals surface area contributed by atoms with Gasteiger partial charge in [0.15, 0.2) is 22.9 Å². The van der Waals surface area contributed by atoms with Crippen molar-refractivity contribution >= 4 is 17.4 Å². The SMILES string of the molecule is O=C(Nc1ccn(C23CC4CC(CC(C4)C2)C3)n1)c1cnn2c(C(F)(F)F)cc(-c3ccco3)nc12. The second-order valence-corrected chi connectivity index (χ2v) is 10.5. The number of carbonyl (C=O) groups is 1. The minimum atomic E-state index is -4.71. The first-order valence-electron chi connectivity index (χ1n) is 12.1. The van der Waals surface area contributed by atoms with Crippen molar-refractivity contribution in [3.8, 4) is 11.5 Å². The fourth-order valence-electron chi connectivity index (χ4n) is 7.06. The number of hydrogen-bond donors (Lipinski definition) is 1. The molecule has 0 aliphatic heterocycles. The number of halogens is 3. The van der Waals surface area contributed by atoms with Crippen molar-refractivity contribution in [1.29, 1.82) is 0 Å². The number of amides is 1. The molecule has 1 amide bonds. The van der Waals surface area contributed by atoms with Crippen LogP contribution in [0.2, 0.25) is 0 Å². The summed E-state index contributed by atoms with van der Waals surface area (Å²) in [4.78, 5) is 17.4. The zero-order valence-corrected chi connectivity index (χ0v) is 19.2. The van der Waals surface area contributed by atoms with Crippen LogP contribution in [0.15, 0.2) is 47.3 Å². The van der Waals surface area contributed by atoms with Crippen LogP contribution in [0.5, 0.6) is 0 Å². The Bertz CT molecular complexity index is 1430. The summed E-state index contributed by atoms with van der Waals surface area (Å²) in [5.41, 5.74) is -1.39. The first-order valence-corrected chi connectivity index (χ1v) is 12.1. The molecule has 8 nitrogen and oxygen atoms in total. The molecule has 1 N–H and O–H groups in total. The van der Waals surface area contributed by atoms with Crippen LogP contribution in [0.4, 0.5) is 19.0 Å². The van der Waals surface area contributed by atoms with Crippen LogP contribution in [0.25, 0.3) is 17.1 Å². The van der Waals surface area contributed by atoms with E-state index in [2.05, 4.69) is 20.5 Å². The second kappa shape index (κ2) is 7.44. The number of furan rings is 1. The number of hydrogen-bond acceptors (Lipinski definition) is 5. The molecule has 4 aliphatic carbocycles. The summed E-state index contributed by atoms with van der Waals surface area (Å²) in [7, 11) is 0. The van der Waals surface area contributed by atoms with Gasteiger partial charge in [0.05, 0.1) is 18.0 Å². The van der Waals surface area contributed by atoms with E-state index >= 15 is 0 Å². The number of aromatic nitrogens is 5. The molecule has 8 rings (SSSR count). The van der Waals surface area contributed by atoms with Crippen LogP contribution in [0, 0.1) is 17.8 Å². The van der Waals surface area contributed by atoms with Crippen molar-refractivity contribution in [2.75, 3.05) is 5.32 Å². The van der Waals surface area contributed by atoms with Crippen LogP contribution >= 0.6 is 0 Å². The molecule has 0 unspecified atom stereocenters. The van der Waals surface area contributed by atoms with E-state index in [1.165, 1.54) is 31.6 Å². The van der Waals surface area contributed by atoms with E-state index in [1.807, 2.05) is 10.9 Å². The predicted molar refractivity (Wildman–Crippen MR) is 122 cm³/mol. The molecule has 11 heteroatoms. The summed E-state index contributed by atoms with van der Waals surface area (Å²) in [6, 6.07) is 5.66. The molecule has 4 aromatic heterocycles. The largest absolute Gasteiger partial charge is 0.463 e. The maximum atomic E-state index is 13.8. The molecule has 0 atom stereocenters. The number of fused-ring (bicyclic) bond motifs is 1. The van der Waals surface area contributed by atoms with Gasteiger partial charge in [-0.05, 0) is 74.5 Å². The molecule has 0 aromatic carbocycles. The molecule has 0 spiro atoms. The Balaban J connectivity index is 1.21. The van der Waals surface area contributed by atoms with E-state index in [0.717, 1.165) is 49.3 Å². The fraction of sp³-hybridized carbons (Fsp3) is 0.440. The van der Waals surface area contributed by atoms with Gasteiger partial charge < -0.3 is 9.73 Å². The van der Waals surface area contributed by atoms with Crippen molar-refractivity contribution in [2.24, 2.45) is 17.8 Å². The lowest BCUT2D eigenvalue weighted by molar-refractivity contribution is -0.142. The van der Waals surface area contributed by atoms with E-state index in [9.17, 15) is 18.0 Å². The molecular formula is C25H23F3N6O2. The summed E-state index contributed by atoms with van der Waals surface area (Å²) in [5, 5.41) is 11.2. The first kappa shape index (κ1) is 21.6. The third kappa shape index (κ3) is 3.35. The highest BCUT2D eigenvalue weighted by molar-refractivity contribution is 6.07. The summed E-state index contributed by atoms with van der Waals surface area (Å²) in [5.74, 6) is 2.12. The summed E-state index contributed by atoms with van der Waals surface area (Å²) in [6.07, 6.45) is 6.91. The zero-order valence-electron chi connectivity index (χ0n) is 19.2. The molecule has 4 fully saturated rings. The lowest BCUT2D eigenvalue weighted by atomic mass is 9.53. The van der Waals surface area contributed by atoms with E-state index in [1.54, 1.807) is 12.1 Å². The summed E-state index contributed by atoms with van der Waals surface area (Å²) in [6.45, 7) is 0. The molecule has 0 saturated heterocycles. The van der Waals surface area contributed by atoms with Gasteiger partial charge in [-0.1, -0.05) is 0 Å².